The Morgan fingerprint density at radius 2 is 1.88 bits per heavy atom. The van der Waals surface area contributed by atoms with E-state index < -0.39 is 0 Å². The maximum Gasteiger partial charge on any atom is 0.123 e. The summed E-state index contributed by atoms with van der Waals surface area (Å²) >= 11 is 0. The lowest BCUT2D eigenvalue weighted by molar-refractivity contribution is 0.0281. The second-order valence-electron chi connectivity index (χ2n) is 5.34. The van der Waals surface area contributed by atoms with Crippen molar-refractivity contribution in [3.63, 3.8) is 0 Å². The molecule has 0 saturated heterocycles. The molecule has 2 N–H and O–H groups in total. The standard InChI is InChI=1S/C14H21FN2/c1-17(2)13(14(10-16)8-3-9-14)11-4-6-12(15)7-5-11/h4-7,13H,3,8-10,16H2,1-2H3. The monoisotopic (exact) mass is 236 g/mol. The van der Waals surface area contributed by atoms with Gasteiger partial charge in [0.05, 0.1) is 0 Å². The van der Waals surface area contributed by atoms with Crippen molar-refractivity contribution >= 4 is 0 Å². The van der Waals surface area contributed by atoms with Gasteiger partial charge >= 0.3 is 0 Å². The van der Waals surface area contributed by atoms with Crippen LogP contribution in [0.5, 0.6) is 0 Å². The van der Waals surface area contributed by atoms with E-state index in [1.54, 1.807) is 0 Å². The molecule has 1 aromatic carbocycles. The normalized spacial score (nSPS) is 20.1. The first-order valence-corrected chi connectivity index (χ1v) is 6.21. The van der Waals surface area contributed by atoms with Gasteiger partial charge < -0.3 is 10.6 Å². The van der Waals surface area contributed by atoms with Crippen LogP contribution in [0.2, 0.25) is 0 Å². The zero-order valence-corrected chi connectivity index (χ0v) is 10.6. The summed E-state index contributed by atoms with van der Waals surface area (Å²) < 4.78 is 13.0. The number of nitrogens with two attached hydrogens (primary N) is 1. The number of nitrogens with zero attached hydrogens (tertiary/aromatic N) is 1. The van der Waals surface area contributed by atoms with Gasteiger partial charge in [-0.1, -0.05) is 18.6 Å². The zero-order valence-electron chi connectivity index (χ0n) is 10.6. The molecule has 17 heavy (non-hydrogen) atoms. The molecule has 0 aliphatic heterocycles. The van der Waals surface area contributed by atoms with Crippen molar-refractivity contribution in [2.45, 2.75) is 25.3 Å². The largest absolute Gasteiger partial charge is 0.330 e. The highest BCUT2D eigenvalue weighted by Gasteiger charge is 2.44. The summed E-state index contributed by atoms with van der Waals surface area (Å²) in [6.07, 6.45) is 3.59. The molecule has 0 radical (unpaired) electrons. The first-order chi connectivity index (χ1) is 8.09. The summed E-state index contributed by atoms with van der Waals surface area (Å²) in [5.41, 5.74) is 7.32. The number of hydrogen-bond acceptors (Lipinski definition) is 2. The molecule has 1 fully saturated rings. The van der Waals surface area contributed by atoms with Gasteiger partial charge in [0.1, 0.15) is 5.82 Å². The third-order valence-electron chi connectivity index (χ3n) is 4.04. The molecule has 1 saturated carbocycles. The fourth-order valence-electron chi connectivity index (χ4n) is 3.06. The molecule has 2 rings (SSSR count). The lowest BCUT2D eigenvalue weighted by Gasteiger charge is -2.50. The number of rotatable bonds is 4. The molecule has 0 spiro atoms. The lowest BCUT2D eigenvalue weighted by Crippen LogP contribution is -2.47. The molecule has 1 aliphatic rings. The van der Waals surface area contributed by atoms with Gasteiger partial charge in [0.15, 0.2) is 0 Å². The van der Waals surface area contributed by atoms with E-state index in [1.165, 1.54) is 37.0 Å². The fraction of sp³-hybridized carbons (Fsp3) is 0.571. The molecule has 1 unspecified atom stereocenters. The third kappa shape index (κ3) is 2.22. The maximum atomic E-state index is 13.0. The van der Waals surface area contributed by atoms with Crippen LogP contribution in [0.15, 0.2) is 24.3 Å². The molecule has 2 nitrogen and oxygen atoms in total. The molecule has 1 atom stereocenters. The van der Waals surface area contributed by atoms with Crippen LogP contribution in [0.3, 0.4) is 0 Å². The average Bonchev–Trinajstić information content (AvgIpc) is 2.24. The van der Waals surface area contributed by atoms with Crippen molar-refractivity contribution in [1.29, 1.82) is 0 Å². The maximum absolute atomic E-state index is 13.0. The Bertz CT molecular complexity index is 363. The Morgan fingerprint density at radius 3 is 2.24 bits per heavy atom. The van der Waals surface area contributed by atoms with E-state index in [4.69, 9.17) is 5.73 Å². The molecule has 0 bridgehead atoms. The molecule has 0 amide bonds. The first-order valence-electron chi connectivity index (χ1n) is 6.21. The van der Waals surface area contributed by atoms with Gasteiger partial charge in [0.25, 0.3) is 0 Å². The summed E-state index contributed by atoms with van der Waals surface area (Å²) in [6.45, 7) is 0.702. The third-order valence-corrected chi connectivity index (χ3v) is 4.04. The van der Waals surface area contributed by atoms with Crippen LogP contribution in [0.4, 0.5) is 4.39 Å². The molecule has 3 heteroatoms. The van der Waals surface area contributed by atoms with Gasteiger partial charge in [-0.25, -0.2) is 4.39 Å². The minimum atomic E-state index is -0.179. The Kier molecular flexibility index (Phi) is 3.50. The number of halogens is 1. The zero-order chi connectivity index (χ0) is 12.5. The van der Waals surface area contributed by atoms with Crippen LogP contribution in [-0.4, -0.2) is 25.5 Å². The van der Waals surface area contributed by atoms with Crippen LogP contribution < -0.4 is 5.73 Å². The van der Waals surface area contributed by atoms with Crippen molar-refractivity contribution in [1.82, 2.24) is 4.90 Å². The van der Waals surface area contributed by atoms with Gasteiger partial charge in [0.2, 0.25) is 0 Å². The second-order valence-corrected chi connectivity index (χ2v) is 5.34. The van der Waals surface area contributed by atoms with E-state index in [9.17, 15) is 4.39 Å². The van der Waals surface area contributed by atoms with Crippen LogP contribution in [-0.2, 0) is 0 Å². The second kappa shape index (κ2) is 4.75. The smallest absolute Gasteiger partial charge is 0.123 e. The molecule has 0 heterocycles. The molecule has 1 aromatic rings. The molecular weight excluding hydrogens is 215 g/mol. The van der Waals surface area contributed by atoms with Crippen LogP contribution in [0.1, 0.15) is 30.9 Å². The Morgan fingerprint density at radius 1 is 1.29 bits per heavy atom. The van der Waals surface area contributed by atoms with E-state index in [-0.39, 0.29) is 11.2 Å². The van der Waals surface area contributed by atoms with E-state index in [1.807, 2.05) is 12.1 Å². The minimum absolute atomic E-state index is 0.179. The highest BCUT2D eigenvalue weighted by atomic mass is 19.1. The molecule has 1 aliphatic carbocycles. The summed E-state index contributed by atoms with van der Waals surface area (Å²) in [7, 11) is 4.15. The van der Waals surface area contributed by atoms with E-state index in [2.05, 4.69) is 19.0 Å². The summed E-state index contributed by atoms with van der Waals surface area (Å²) in [5.74, 6) is -0.179. The van der Waals surface area contributed by atoms with Gasteiger partial charge in [-0.15, -0.1) is 0 Å². The predicted molar refractivity (Wildman–Crippen MR) is 68.2 cm³/mol. The van der Waals surface area contributed by atoms with E-state index in [0.29, 0.717) is 12.6 Å². The molecule has 0 aromatic heterocycles. The van der Waals surface area contributed by atoms with Crippen molar-refractivity contribution < 1.29 is 4.39 Å². The Balaban J connectivity index is 2.32. The SMILES string of the molecule is CN(C)C(c1ccc(F)cc1)C1(CN)CCC1. The first kappa shape index (κ1) is 12.5. The predicted octanol–water partition coefficient (Wildman–Crippen LogP) is 2.56. The van der Waals surface area contributed by atoms with Crippen LogP contribution in [0, 0.1) is 11.2 Å². The van der Waals surface area contributed by atoms with Crippen LogP contribution in [0.25, 0.3) is 0 Å². The summed E-state index contributed by atoms with van der Waals surface area (Å²) in [6, 6.07) is 7.14. The van der Waals surface area contributed by atoms with Crippen molar-refractivity contribution in [2.24, 2.45) is 11.1 Å². The van der Waals surface area contributed by atoms with Crippen molar-refractivity contribution in [2.75, 3.05) is 20.6 Å². The highest BCUT2D eigenvalue weighted by Crippen LogP contribution is 2.51. The van der Waals surface area contributed by atoms with Crippen molar-refractivity contribution in [3.05, 3.63) is 35.6 Å². The highest BCUT2D eigenvalue weighted by molar-refractivity contribution is 5.23. The summed E-state index contributed by atoms with van der Waals surface area (Å²) in [5, 5.41) is 0. The fourth-order valence-corrected chi connectivity index (χ4v) is 3.06. The van der Waals surface area contributed by atoms with Crippen molar-refractivity contribution in [3.8, 4) is 0 Å². The summed E-state index contributed by atoms with van der Waals surface area (Å²) in [4.78, 5) is 2.21. The lowest BCUT2D eigenvalue weighted by atomic mass is 9.62. The quantitative estimate of drug-likeness (QED) is 0.870. The van der Waals surface area contributed by atoms with Gasteiger partial charge in [-0.3, -0.25) is 0 Å². The Labute approximate surface area is 103 Å². The molecule has 94 valence electrons. The average molecular weight is 236 g/mol. The van der Waals surface area contributed by atoms with E-state index in [0.717, 1.165) is 0 Å². The Hall–Kier alpha value is -0.930. The van der Waals surface area contributed by atoms with E-state index >= 15 is 0 Å². The minimum Gasteiger partial charge on any atom is -0.330 e. The van der Waals surface area contributed by atoms with Gasteiger partial charge in [-0.05, 0) is 51.2 Å². The topological polar surface area (TPSA) is 29.3 Å². The van der Waals surface area contributed by atoms with Crippen LogP contribution >= 0.6 is 0 Å². The number of hydrogen-bond donors (Lipinski definition) is 1. The number of benzene rings is 1. The van der Waals surface area contributed by atoms with Gasteiger partial charge in [-0.2, -0.15) is 0 Å². The van der Waals surface area contributed by atoms with Gasteiger partial charge in [0, 0.05) is 11.5 Å². The molecular formula is C14H21FN2.